The van der Waals surface area contributed by atoms with Crippen LogP contribution in [0.25, 0.3) is 0 Å². The van der Waals surface area contributed by atoms with E-state index in [0.717, 1.165) is 33.7 Å². The van der Waals surface area contributed by atoms with E-state index in [9.17, 15) is 5.11 Å². The number of rotatable bonds is 7. The molecule has 2 nitrogen and oxygen atoms in total. The number of hydrogen-bond donors (Lipinski definition) is 1. The molecule has 3 heteroatoms. The Balaban J connectivity index is 2.26. The highest BCUT2D eigenvalue weighted by atomic mass is 31.2. The molecule has 0 saturated carbocycles. The Kier molecular flexibility index (Phi) is 6.54. The molecule has 3 aromatic carbocycles. The van der Waals surface area contributed by atoms with Gasteiger partial charge < -0.3 is 9.67 Å². The molecule has 0 amide bonds. The maximum atomic E-state index is 15.0. The molecule has 3 aromatic rings. The van der Waals surface area contributed by atoms with E-state index < -0.39 is 13.2 Å². The minimum Gasteiger partial charge on any atom is -0.388 e. The van der Waals surface area contributed by atoms with Crippen molar-refractivity contribution in [2.24, 2.45) is 0 Å². The Bertz CT molecular complexity index is 916. The van der Waals surface area contributed by atoms with Crippen molar-refractivity contribution < 1.29 is 9.67 Å². The van der Waals surface area contributed by atoms with Crippen LogP contribution >= 0.6 is 7.14 Å². The van der Waals surface area contributed by atoms with Crippen molar-refractivity contribution in [1.82, 2.24) is 0 Å². The standard InChI is InChI=1S/C25H29O2P/c1-4-12-24(25(26)21-15-6-5-7-16-21)28(27,22-17-10-8-13-19(22)2)23-18-11-9-14-20(23)3/h5-11,13-18,24-26H,4,12H2,1-3H3. The lowest BCUT2D eigenvalue weighted by molar-refractivity contribution is 0.167. The fraction of sp³-hybridized carbons (Fsp3) is 0.280. The molecule has 0 saturated heterocycles. The van der Waals surface area contributed by atoms with Crippen LogP contribution in [0.4, 0.5) is 0 Å². The summed E-state index contributed by atoms with van der Waals surface area (Å²) in [5.41, 5.74) is 2.47. The van der Waals surface area contributed by atoms with Crippen LogP contribution in [0.2, 0.25) is 0 Å². The Hall–Kier alpha value is -2.15. The van der Waals surface area contributed by atoms with Crippen molar-refractivity contribution >= 4 is 17.8 Å². The van der Waals surface area contributed by atoms with E-state index >= 15 is 4.57 Å². The molecule has 0 bridgehead atoms. The first kappa shape index (κ1) is 20.6. The van der Waals surface area contributed by atoms with Gasteiger partial charge >= 0.3 is 0 Å². The summed E-state index contributed by atoms with van der Waals surface area (Å²) in [5, 5.41) is 13.1. The molecule has 2 atom stereocenters. The number of benzene rings is 3. The van der Waals surface area contributed by atoms with Gasteiger partial charge in [-0.2, -0.15) is 0 Å². The lowest BCUT2D eigenvalue weighted by Crippen LogP contribution is -2.32. The monoisotopic (exact) mass is 392 g/mol. The van der Waals surface area contributed by atoms with Gasteiger partial charge in [0.25, 0.3) is 0 Å². The number of aliphatic hydroxyl groups is 1. The second kappa shape index (κ2) is 8.90. The molecule has 0 aliphatic heterocycles. The van der Waals surface area contributed by atoms with Gasteiger partial charge in [0.2, 0.25) is 0 Å². The topological polar surface area (TPSA) is 37.3 Å². The van der Waals surface area contributed by atoms with Crippen LogP contribution in [0.15, 0.2) is 78.9 Å². The summed E-state index contributed by atoms with van der Waals surface area (Å²) in [6, 6.07) is 25.5. The molecule has 0 spiro atoms. The molecule has 0 heterocycles. The van der Waals surface area contributed by atoms with E-state index in [0.29, 0.717) is 6.42 Å². The summed E-state index contributed by atoms with van der Waals surface area (Å²) in [5.74, 6) is 0. The molecule has 0 aliphatic carbocycles. The minimum absolute atomic E-state index is 0.373. The number of aliphatic hydroxyl groups excluding tert-OH is 1. The summed E-state index contributed by atoms with van der Waals surface area (Å²) in [7, 11) is -3.10. The zero-order chi connectivity index (χ0) is 20.1. The lowest BCUT2D eigenvalue weighted by atomic mass is 10.0. The average Bonchev–Trinajstić information content (AvgIpc) is 2.72. The number of aryl methyl sites for hydroxylation is 2. The molecule has 3 rings (SSSR count). The first-order valence-corrected chi connectivity index (χ1v) is 11.7. The third kappa shape index (κ3) is 3.85. The molecule has 0 radical (unpaired) electrons. The van der Waals surface area contributed by atoms with Crippen molar-refractivity contribution in [3.05, 3.63) is 95.6 Å². The SMILES string of the molecule is CCCC(C(O)c1ccccc1)P(=O)(c1ccccc1C)c1ccccc1C. The average molecular weight is 392 g/mol. The number of hydrogen-bond acceptors (Lipinski definition) is 2. The van der Waals surface area contributed by atoms with E-state index in [-0.39, 0.29) is 5.66 Å². The Labute approximate surface area is 168 Å². The van der Waals surface area contributed by atoms with Crippen LogP contribution in [0, 0.1) is 13.8 Å². The van der Waals surface area contributed by atoms with Crippen molar-refractivity contribution in [2.45, 2.75) is 45.4 Å². The lowest BCUT2D eigenvalue weighted by Gasteiger charge is -2.34. The van der Waals surface area contributed by atoms with Crippen molar-refractivity contribution in [2.75, 3.05) is 0 Å². The zero-order valence-electron chi connectivity index (χ0n) is 16.9. The summed E-state index contributed by atoms with van der Waals surface area (Å²) >= 11 is 0. The molecule has 0 fully saturated rings. The molecule has 1 N–H and O–H groups in total. The fourth-order valence-corrected chi connectivity index (χ4v) is 8.04. The summed E-state index contributed by atoms with van der Waals surface area (Å²) in [4.78, 5) is 0. The third-order valence-electron chi connectivity index (χ3n) is 5.50. The van der Waals surface area contributed by atoms with Gasteiger partial charge in [-0.05, 0) is 37.0 Å². The van der Waals surface area contributed by atoms with Gasteiger partial charge in [0.15, 0.2) is 0 Å². The van der Waals surface area contributed by atoms with E-state index in [4.69, 9.17) is 0 Å². The molecule has 28 heavy (non-hydrogen) atoms. The van der Waals surface area contributed by atoms with Gasteiger partial charge in [0.1, 0.15) is 7.14 Å². The van der Waals surface area contributed by atoms with Gasteiger partial charge in [-0.25, -0.2) is 0 Å². The maximum absolute atomic E-state index is 15.0. The van der Waals surface area contributed by atoms with Crippen molar-refractivity contribution in [3.63, 3.8) is 0 Å². The highest BCUT2D eigenvalue weighted by Gasteiger charge is 2.42. The minimum atomic E-state index is -3.10. The maximum Gasteiger partial charge on any atom is 0.149 e. The van der Waals surface area contributed by atoms with Crippen molar-refractivity contribution in [1.29, 1.82) is 0 Å². The Morgan fingerprint density at radius 2 is 1.25 bits per heavy atom. The van der Waals surface area contributed by atoms with Crippen LogP contribution in [-0.4, -0.2) is 10.8 Å². The van der Waals surface area contributed by atoms with Crippen LogP contribution in [0.1, 0.15) is 42.6 Å². The third-order valence-corrected chi connectivity index (χ3v) is 9.41. The Morgan fingerprint density at radius 1 is 0.786 bits per heavy atom. The van der Waals surface area contributed by atoms with E-state index in [1.165, 1.54) is 0 Å². The second-order valence-electron chi connectivity index (χ2n) is 7.44. The zero-order valence-corrected chi connectivity index (χ0v) is 17.8. The van der Waals surface area contributed by atoms with E-state index in [1.54, 1.807) is 0 Å². The van der Waals surface area contributed by atoms with Gasteiger partial charge in [-0.1, -0.05) is 92.2 Å². The highest BCUT2D eigenvalue weighted by Crippen LogP contribution is 2.55. The second-order valence-corrected chi connectivity index (χ2v) is 10.4. The van der Waals surface area contributed by atoms with E-state index in [2.05, 4.69) is 6.92 Å². The van der Waals surface area contributed by atoms with Crippen LogP contribution in [-0.2, 0) is 4.57 Å². The summed E-state index contributed by atoms with van der Waals surface area (Å²) < 4.78 is 15.0. The molecule has 146 valence electrons. The normalized spacial score (nSPS) is 13.9. The predicted molar refractivity (Wildman–Crippen MR) is 119 cm³/mol. The molecular formula is C25H29O2P. The van der Waals surface area contributed by atoms with Gasteiger partial charge in [-0.3, -0.25) is 0 Å². The predicted octanol–water partition coefficient (Wildman–Crippen LogP) is 5.52. The van der Waals surface area contributed by atoms with E-state index in [1.807, 2.05) is 92.7 Å². The van der Waals surface area contributed by atoms with Crippen LogP contribution in [0.5, 0.6) is 0 Å². The highest BCUT2D eigenvalue weighted by molar-refractivity contribution is 7.79. The Morgan fingerprint density at radius 3 is 1.71 bits per heavy atom. The molecular weight excluding hydrogens is 363 g/mol. The largest absolute Gasteiger partial charge is 0.388 e. The molecule has 0 aromatic heterocycles. The van der Waals surface area contributed by atoms with Gasteiger partial charge in [-0.15, -0.1) is 0 Å². The first-order chi connectivity index (χ1) is 13.5. The van der Waals surface area contributed by atoms with Crippen LogP contribution in [0.3, 0.4) is 0 Å². The smallest absolute Gasteiger partial charge is 0.149 e. The van der Waals surface area contributed by atoms with Crippen LogP contribution < -0.4 is 10.6 Å². The summed E-state index contributed by atoms with van der Waals surface area (Å²) in [6.07, 6.45) is 0.762. The fourth-order valence-electron chi connectivity index (χ4n) is 4.07. The van der Waals surface area contributed by atoms with Crippen molar-refractivity contribution in [3.8, 4) is 0 Å². The molecule has 2 unspecified atom stereocenters. The summed E-state index contributed by atoms with van der Waals surface area (Å²) in [6.45, 7) is 6.11. The van der Waals surface area contributed by atoms with Gasteiger partial charge in [0.05, 0.1) is 11.8 Å². The van der Waals surface area contributed by atoms with Gasteiger partial charge in [0, 0.05) is 10.6 Å². The quantitative estimate of drug-likeness (QED) is 0.538. The first-order valence-electron chi connectivity index (χ1n) is 9.95. The molecule has 0 aliphatic rings.